The van der Waals surface area contributed by atoms with Crippen molar-refractivity contribution in [2.24, 2.45) is 35.0 Å². The van der Waals surface area contributed by atoms with Gasteiger partial charge in [0.25, 0.3) is 0 Å². The summed E-state index contributed by atoms with van der Waals surface area (Å²) in [6, 6.07) is 0. The molecule has 0 radical (unpaired) electrons. The first-order chi connectivity index (χ1) is 17.3. The molecule has 3 saturated carbocycles. The lowest BCUT2D eigenvalue weighted by molar-refractivity contribution is -0.230. The van der Waals surface area contributed by atoms with Crippen LogP contribution in [-0.2, 0) is 23.9 Å². The summed E-state index contributed by atoms with van der Waals surface area (Å²) >= 11 is 0. The highest BCUT2D eigenvalue weighted by molar-refractivity contribution is 6.04. The van der Waals surface area contributed by atoms with Gasteiger partial charge in [0.1, 0.15) is 11.7 Å². The Morgan fingerprint density at radius 1 is 1.11 bits per heavy atom. The van der Waals surface area contributed by atoms with E-state index >= 15 is 0 Å². The number of hydrogen-bond acceptors (Lipinski definition) is 8. The van der Waals surface area contributed by atoms with Gasteiger partial charge >= 0.3 is 11.9 Å². The van der Waals surface area contributed by atoms with Gasteiger partial charge in [0.2, 0.25) is 0 Å². The molecule has 37 heavy (non-hydrogen) atoms. The molecular weight excluding hydrogens is 476 g/mol. The molecule has 5 aliphatic rings. The molecule has 3 fully saturated rings. The summed E-state index contributed by atoms with van der Waals surface area (Å²) in [6.45, 7) is 8.19. The molecule has 0 bridgehead atoms. The number of hydrogen-bond donors (Lipinski definition) is 3. The maximum absolute atomic E-state index is 13.4. The summed E-state index contributed by atoms with van der Waals surface area (Å²) in [4.78, 5) is 39.1. The first-order valence-electron chi connectivity index (χ1n) is 13.6. The first kappa shape index (κ1) is 26.6. The predicted octanol–water partition coefficient (Wildman–Crippen LogP) is 2.63. The molecule has 0 unspecified atom stereocenters. The van der Waals surface area contributed by atoms with E-state index in [0.29, 0.717) is 11.1 Å². The molecule has 204 valence electrons. The third-order valence-corrected chi connectivity index (χ3v) is 10.5. The van der Waals surface area contributed by atoms with E-state index in [4.69, 9.17) is 9.47 Å². The van der Waals surface area contributed by atoms with E-state index in [1.807, 2.05) is 13.8 Å². The van der Waals surface area contributed by atoms with Gasteiger partial charge in [0, 0.05) is 42.4 Å². The minimum absolute atomic E-state index is 0.105. The summed E-state index contributed by atoms with van der Waals surface area (Å²) in [7, 11) is 0. The summed E-state index contributed by atoms with van der Waals surface area (Å²) in [5.74, 6) is -4.45. The van der Waals surface area contributed by atoms with Crippen LogP contribution in [0.25, 0.3) is 0 Å². The summed E-state index contributed by atoms with van der Waals surface area (Å²) in [5, 5.41) is 34.6. The average Bonchev–Trinajstić information content (AvgIpc) is 3.27. The topological polar surface area (TPSA) is 130 Å². The molecule has 8 atom stereocenters. The van der Waals surface area contributed by atoms with Crippen LogP contribution in [0.3, 0.4) is 0 Å². The number of carbonyl (C=O) groups excluding carboxylic acids is 3. The van der Waals surface area contributed by atoms with Crippen LogP contribution in [0.1, 0.15) is 73.1 Å². The molecule has 3 N–H and O–H groups in total. The van der Waals surface area contributed by atoms with E-state index in [1.165, 1.54) is 6.92 Å². The van der Waals surface area contributed by atoms with Crippen LogP contribution < -0.4 is 0 Å². The second-order valence-corrected chi connectivity index (χ2v) is 12.7. The number of carbonyl (C=O) groups is 3. The second-order valence-electron chi connectivity index (χ2n) is 12.7. The molecule has 0 spiro atoms. The van der Waals surface area contributed by atoms with Crippen LogP contribution in [0.15, 0.2) is 23.3 Å². The standard InChI is InChI=1S/C29H40O8/c1-15-11-21-27(34,23(15)32)13-18(14-30)12-20-22-26(4,5)29(22,37-17(3)31)24(16(2)28(20,21)35)36-25(33)19-9-7-6-8-10-19/h11-12,16,19-22,24,30,34-35H,6-10,13-14H2,1-5H3/t16-,20+,21-,22-,24-,27-,28-,29-/m1/s1. The zero-order valence-electron chi connectivity index (χ0n) is 22.5. The normalized spacial score (nSPS) is 44.4. The number of ketones is 1. The fourth-order valence-electron chi connectivity index (χ4n) is 8.62. The fourth-order valence-corrected chi connectivity index (χ4v) is 8.62. The maximum Gasteiger partial charge on any atom is 0.309 e. The lowest BCUT2D eigenvalue weighted by Gasteiger charge is -2.53. The van der Waals surface area contributed by atoms with E-state index in [0.717, 1.165) is 32.1 Å². The maximum atomic E-state index is 13.4. The van der Waals surface area contributed by atoms with Gasteiger partial charge in [-0.05, 0) is 30.9 Å². The van der Waals surface area contributed by atoms with Crippen LogP contribution in [0.5, 0.6) is 0 Å². The van der Waals surface area contributed by atoms with Crippen LogP contribution >= 0.6 is 0 Å². The Labute approximate surface area is 218 Å². The van der Waals surface area contributed by atoms with Crippen molar-refractivity contribution in [3.05, 3.63) is 23.3 Å². The van der Waals surface area contributed by atoms with Gasteiger partial charge in [-0.15, -0.1) is 0 Å². The highest BCUT2D eigenvalue weighted by Crippen LogP contribution is 2.77. The molecule has 0 amide bonds. The monoisotopic (exact) mass is 516 g/mol. The van der Waals surface area contributed by atoms with Gasteiger partial charge in [-0.3, -0.25) is 14.4 Å². The summed E-state index contributed by atoms with van der Waals surface area (Å²) in [5.41, 5.74) is -4.67. The zero-order chi connectivity index (χ0) is 27.1. The van der Waals surface area contributed by atoms with E-state index in [2.05, 4.69) is 0 Å². The quantitative estimate of drug-likeness (QED) is 0.384. The molecule has 0 heterocycles. The Hall–Kier alpha value is -2.03. The lowest BCUT2D eigenvalue weighted by Crippen LogP contribution is -2.66. The van der Waals surface area contributed by atoms with Crippen LogP contribution in [-0.4, -0.2) is 62.6 Å². The molecule has 8 heteroatoms. The van der Waals surface area contributed by atoms with E-state index in [9.17, 15) is 29.7 Å². The molecule has 8 nitrogen and oxygen atoms in total. The van der Waals surface area contributed by atoms with Gasteiger partial charge < -0.3 is 24.8 Å². The Balaban J connectivity index is 1.66. The van der Waals surface area contributed by atoms with Crippen molar-refractivity contribution in [1.29, 1.82) is 0 Å². The fraction of sp³-hybridized carbons (Fsp3) is 0.759. The van der Waals surface area contributed by atoms with Crippen LogP contribution in [0, 0.1) is 35.0 Å². The Kier molecular flexibility index (Phi) is 6.09. The Morgan fingerprint density at radius 2 is 1.76 bits per heavy atom. The molecule has 5 rings (SSSR count). The number of Topliss-reactive ketones (excluding diaryl/α,β-unsaturated/α-hetero) is 1. The average molecular weight is 517 g/mol. The summed E-state index contributed by atoms with van der Waals surface area (Å²) in [6.07, 6.45) is 6.78. The molecule has 5 aliphatic carbocycles. The number of rotatable bonds is 4. The van der Waals surface area contributed by atoms with E-state index in [1.54, 1.807) is 26.0 Å². The number of ether oxygens (including phenoxy) is 2. The molecule has 0 saturated heterocycles. The summed E-state index contributed by atoms with van der Waals surface area (Å²) < 4.78 is 12.3. The Bertz CT molecular complexity index is 1080. The molecule has 0 aromatic carbocycles. The minimum atomic E-state index is -1.92. The first-order valence-corrected chi connectivity index (χ1v) is 13.6. The van der Waals surface area contributed by atoms with Crippen molar-refractivity contribution in [2.45, 2.75) is 96.1 Å². The number of fused-ring (bicyclic) bond motifs is 5. The number of aliphatic hydroxyl groups is 3. The molecule has 0 aromatic heterocycles. The second kappa shape index (κ2) is 8.48. The largest absolute Gasteiger partial charge is 0.457 e. The minimum Gasteiger partial charge on any atom is -0.457 e. The molecule has 0 aliphatic heterocycles. The van der Waals surface area contributed by atoms with Gasteiger partial charge in [0.05, 0.1) is 18.1 Å². The van der Waals surface area contributed by atoms with Crippen molar-refractivity contribution in [2.75, 3.05) is 6.61 Å². The lowest BCUT2D eigenvalue weighted by atomic mass is 9.59. The third-order valence-electron chi connectivity index (χ3n) is 10.5. The van der Waals surface area contributed by atoms with E-state index in [-0.39, 0.29) is 24.9 Å². The number of esters is 2. The van der Waals surface area contributed by atoms with Gasteiger partial charge in [-0.2, -0.15) is 0 Å². The third kappa shape index (κ3) is 3.41. The molecule has 0 aromatic rings. The van der Waals surface area contributed by atoms with Crippen molar-refractivity contribution in [3.8, 4) is 0 Å². The van der Waals surface area contributed by atoms with E-state index < -0.39 is 63.7 Å². The van der Waals surface area contributed by atoms with Crippen LogP contribution in [0.2, 0.25) is 0 Å². The van der Waals surface area contributed by atoms with Crippen molar-refractivity contribution in [1.82, 2.24) is 0 Å². The zero-order valence-corrected chi connectivity index (χ0v) is 22.5. The van der Waals surface area contributed by atoms with Gasteiger partial charge in [-0.25, -0.2) is 0 Å². The van der Waals surface area contributed by atoms with Crippen molar-refractivity contribution >= 4 is 17.7 Å². The number of aliphatic hydroxyl groups excluding tert-OH is 1. The highest BCUT2D eigenvalue weighted by atomic mass is 16.6. The highest BCUT2D eigenvalue weighted by Gasteiger charge is 2.87. The van der Waals surface area contributed by atoms with Crippen molar-refractivity contribution < 1.29 is 39.2 Å². The van der Waals surface area contributed by atoms with Crippen molar-refractivity contribution in [3.63, 3.8) is 0 Å². The smallest absolute Gasteiger partial charge is 0.309 e. The predicted molar refractivity (Wildman–Crippen MR) is 133 cm³/mol. The van der Waals surface area contributed by atoms with Crippen LogP contribution in [0.4, 0.5) is 0 Å². The Morgan fingerprint density at radius 3 is 2.35 bits per heavy atom. The molecular formula is C29H40O8. The van der Waals surface area contributed by atoms with Gasteiger partial charge in [0.15, 0.2) is 11.4 Å². The van der Waals surface area contributed by atoms with Gasteiger partial charge in [-0.1, -0.05) is 52.2 Å². The SMILES string of the molecule is CC(=O)O[C@@]12[C@H](OC(=O)C3CCCCC3)[C@@H](C)[C@@]3(O)[C@@H](C=C(CO)C[C@]4(O)C(=O)C(C)=C[C@@H]34)[C@@H]1C2(C)C.